The van der Waals surface area contributed by atoms with Crippen molar-refractivity contribution in [3.05, 3.63) is 61.0 Å². The Bertz CT molecular complexity index is 383. The molecule has 1 aliphatic rings. The van der Waals surface area contributed by atoms with Crippen molar-refractivity contribution in [2.45, 2.75) is 24.7 Å². The van der Waals surface area contributed by atoms with Crippen molar-refractivity contribution in [2.75, 3.05) is 0 Å². The second-order valence-corrected chi connectivity index (χ2v) is 4.17. The van der Waals surface area contributed by atoms with Crippen LogP contribution in [-0.2, 0) is 0 Å². The molecule has 2 rings (SSSR count). The molecule has 0 saturated heterocycles. The van der Waals surface area contributed by atoms with E-state index in [4.69, 9.17) is 0 Å². The number of allylic oxidation sites excluding steroid dienone is 1. The fourth-order valence-corrected chi connectivity index (χ4v) is 2.07. The Morgan fingerprint density at radius 1 is 1.27 bits per heavy atom. The van der Waals surface area contributed by atoms with Gasteiger partial charge in [-0.25, -0.2) is 0 Å². The number of hydrogen-bond donors (Lipinski definition) is 0. The Balaban J connectivity index is 2.51. The molecule has 1 saturated carbocycles. The van der Waals surface area contributed by atoms with Crippen LogP contribution in [-0.4, -0.2) is 0 Å². The quantitative estimate of drug-likeness (QED) is 0.631. The lowest BCUT2D eigenvalue weighted by molar-refractivity contribution is 0.995. The smallest absolute Gasteiger partial charge is 0.00186 e. The molecular formula is C15H17. The van der Waals surface area contributed by atoms with Crippen LogP contribution < -0.4 is 0 Å². The molecule has 1 unspecified atom stereocenters. The van der Waals surface area contributed by atoms with E-state index in [1.54, 1.807) is 0 Å². The summed E-state index contributed by atoms with van der Waals surface area (Å²) >= 11 is 0. The number of benzene rings is 1. The van der Waals surface area contributed by atoms with Gasteiger partial charge in [0.1, 0.15) is 0 Å². The molecule has 1 aromatic rings. The number of hydrogen-bond acceptors (Lipinski definition) is 0. The minimum Gasteiger partial charge on any atom is -0.102 e. The van der Waals surface area contributed by atoms with E-state index < -0.39 is 0 Å². The lowest BCUT2D eigenvalue weighted by Crippen LogP contribution is -1.98. The van der Waals surface area contributed by atoms with E-state index in [9.17, 15) is 0 Å². The molecule has 1 aliphatic carbocycles. The first kappa shape index (κ1) is 10.2. The Labute approximate surface area is 92.3 Å². The molecule has 77 valence electrons. The maximum Gasteiger partial charge on any atom is 0.00186 e. The second kappa shape index (κ2) is 4.06. The van der Waals surface area contributed by atoms with Crippen LogP contribution in [0.4, 0.5) is 0 Å². The molecule has 0 bridgehead atoms. The Kier molecular flexibility index (Phi) is 2.77. The van der Waals surface area contributed by atoms with E-state index in [0.717, 1.165) is 5.92 Å². The fraction of sp³-hybridized carbons (Fsp3) is 0.267. The summed E-state index contributed by atoms with van der Waals surface area (Å²) in [6, 6.07) is 6.39. The van der Waals surface area contributed by atoms with Gasteiger partial charge in [-0.1, -0.05) is 36.9 Å². The van der Waals surface area contributed by atoms with Crippen molar-refractivity contribution in [2.24, 2.45) is 0 Å². The van der Waals surface area contributed by atoms with Crippen LogP contribution in [0.1, 0.15) is 41.4 Å². The first-order valence-electron chi connectivity index (χ1n) is 5.48. The molecule has 0 N–H and O–H groups in total. The molecule has 0 aromatic heterocycles. The molecule has 1 atom stereocenters. The van der Waals surface area contributed by atoms with Gasteiger partial charge in [-0.15, -0.1) is 6.58 Å². The van der Waals surface area contributed by atoms with Crippen LogP contribution in [0.25, 0.3) is 6.08 Å². The lowest BCUT2D eigenvalue weighted by Gasteiger charge is -2.15. The molecule has 0 amide bonds. The monoisotopic (exact) mass is 197 g/mol. The average molecular weight is 197 g/mol. The van der Waals surface area contributed by atoms with Gasteiger partial charge >= 0.3 is 0 Å². The van der Waals surface area contributed by atoms with Crippen molar-refractivity contribution < 1.29 is 0 Å². The predicted molar refractivity (Wildman–Crippen MR) is 66.8 cm³/mol. The van der Waals surface area contributed by atoms with Crippen LogP contribution in [0.5, 0.6) is 0 Å². The van der Waals surface area contributed by atoms with Gasteiger partial charge in [-0.05, 0) is 42.4 Å². The third-order valence-electron chi connectivity index (χ3n) is 3.06. The summed E-state index contributed by atoms with van der Waals surface area (Å²) in [4.78, 5) is 0. The summed E-state index contributed by atoms with van der Waals surface area (Å²) in [5.74, 6) is 0.930. The van der Waals surface area contributed by atoms with Gasteiger partial charge in [0.25, 0.3) is 0 Å². The Morgan fingerprint density at radius 3 is 2.53 bits per heavy atom. The molecule has 0 heterocycles. The van der Waals surface area contributed by atoms with Gasteiger partial charge < -0.3 is 0 Å². The normalized spacial score (nSPS) is 17.1. The average Bonchev–Trinajstić information content (AvgIpc) is 3.10. The summed E-state index contributed by atoms with van der Waals surface area (Å²) in [6.45, 7) is 11.8. The minimum absolute atomic E-state index is 0.195. The maximum atomic E-state index is 4.12. The minimum atomic E-state index is 0.195. The summed E-state index contributed by atoms with van der Waals surface area (Å²) in [7, 11) is 0. The Hall–Kier alpha value is -1.30. The summed E-state index contributed by atoms with van der Waals surface area (Å²) in [5, 5.41) is 0. The zero-order valence-corrected chi connectivity index (χ0v) is 9.08. The topological polar surface area (TPSA) is 0 Å². The predicted octanol–water partition coefficient (Wildman–Crippen LogP) is 4.31. The van der Waals surface area contributed by atoms with Crippen molar-refractivity contribution in [1.82, 2.24) is 0 Å². The zero-order chi connectivity index (χ0) is 10.8. The standard InChI is InChI=1S/C15H17/c1-4-11(3)14-8-6-7-12(5-2)15(14)13-9-10-13/h4-8,11,13H,1-3,9-10H2. The van der Waals surface area contributed by atoms with Gasteiger partial charge in [0.2, 0.25) is 0 Å². The third-order valence-corrected chi connectivity index (χ3v) is 3.06. The molecule has 0 heteroatoms. The molecule has 15 heavy (non-hydrogen) atoms. The Morgan fingerprint density at radius 2 is 2.00 bits per heavy atom. The van der Waals surface area contributed by atoms with Gasteiger partial charge in [-0.2, -0.15) is 0 Å². The molecule has 1 fully saturated rings. The van der Waals surface area contributed by atoms with Crippen molar-refractivity contribution >= 4 is 6.08 Å². The summed E-state index contributed by atoms with van der Waals surface area (Å²) in [5.41, 5.74) is 4.04. The van der Waals surface area contributed by atoms with Gasteiger partial charge in [-0.3, -0.25) is 0 Å². The van der Waals surface area contributed by atoms with Crippen LogP contribution in [0.15, 0.2) is 37.4 Å². The van der Waals surface area contributed by atoms with Crippen molar-refractivity contribution in [1.29, 1.82) is 0 Å². The fourth-order valence-electron chi connectivity index (χ4n) is 2.07. The van der Waals surface area contributed by atoms with Crippen LogP contribution in [0.2, 0.25) is 0 Å². The van der Waals surface area contributed by atoms with Crippen molar-refractivity contribution in [3.63, 3.8) is 0 Å². The van der Waals surface area contributed by atoms with Crippen LogP contribution in [0, 0.1) is 6.92 Å². The summed E-state index contributed by atoms with van der Waals surface area (Å²) < 4.78 is 0. The van der Waals surface area contributed by atoms with E-state index in [0.29, 0.717) is 0 Å². The lowest BCUT2D eigenvalue weighted by atomic mass is 9.89. The first-order valence-corrected chi connectivity index (χ1v) is 5.48. The molecule has 1 aromatic carbocycles. The molecular weight excluding hydrogens is 180 g/mol. The molecule has 0 nitrogen and oxygen atoms in total. The SMILES string of the molecule is [CH2]C(C=C)c1cccc(C=C)c1C1CC1. The molecule has 0 spiro atoms. The third kappa shape index (κ3) is 1.90. The van der Waals surface area contributed by atoms with Crippen LogP contribution >= 0.6 is 0 Å². The maximum absolute atomic E-state index is 4.12. The highest BCUT2D eigenvalue weighted by Gasteiger charge is 2.28. The molecule has 0 aliphatic heterocycles. The largest absolute Gasteiger partial charge is 0.102 e. The van der Waals surface area contributed by atoms with E-state index in [1.807, 2.05) is 12.2 Å². The highest BCUT2D eigenvalue weighted by atomic mass is 14.3. The zero-order valence-electron chi connectivity index (χ0n) is 9.08. The van der Waals surface area contributed by atoms with Crippen LogP contribution in [0.3, 0.4) is 0 Å². The molecule has 1 radical (unpaired) electrons. The first-order chi connectivity index (χ1) is 7.27. The van der Waals surface area contributed by atoms with Crippen molar-refractivity contribution in [3.8, 4) is 0 Å². The van der Waals surface area contributed by atoms with E-state index in [-0.39, 0.29) is 5.92 Å². The second-order valence-electron chi connectivity index (χ2n) is 4.17. The van der Waals surface area contributed by atoms with Gasteiger partial charge in [0.05, 0.1) is 0 Å². The highest BCUT2D eigenvalue weighted by molar-refractivity contribution is 5.58. The van der Waals surface area contributed by atoms with E-state index in [1.165, 1.54) is 29.5 Å². The highest BCUT2D eigenvalue weighted by Crippen LogP contribution is 2.45. The van der Waals surface area contributed by atoms with E-state index in [2.05, 4.69) is 38.3 Å². The van der Waals surface area contributed by atoms with Gasteiger partial charge in [0, 0.05) is 5.92 Å². The van der Waals surface area contributed by atoms with E-state index >= 15 is 0 Å². The summed E-state index contributed by atoms with van der Waals surface area (Å²) in [6.07, 6.45) is 6.48. The number of rotatable bonds is 4. The van der Waals surface area contributed by atoms with Gasteiger partial charge in [0.15, 0.2) is 0 Å².